The van der Waals surface area contributed by atoms with Crippen LogP contribution in [0.2, 0.25) is 0 Å². The van der Waals surface area contributed by atoms with Gasteiger partial charge in [0, 0.05) is 25.9 Å². The Hall–Kier alpha value is -3.00. The van der Waals surface area contributed by atoms with Gasteiger partial charge < -0.3 is 32.0 Å². The van der Waals surface area contributed by atoms with Crippen LogP contribution in [0.15, 0.2) is 62.6 Å². The van der Waals surface area contributed by atoms with Crippen molar-refractivity contribution < 1.29 is 9.47 Å². The number of ether oxygens (including phenoxy) is 2. The Morgan fingerprint density at radius 3 is 1.90 bits per heavy atom. The fourth-order valence-electron chi connectivity index (χ4n) is 3.77. The molecular formula is C27H31Br3N8O2. The van der Waals surface area contributed by atoms with Crippen molar-refractivity contribution in [1.29, 1.82) is 0 Å². The lowest BCUT2D eigenvalue weighted by Crippen LogP contribution is -2.06. The summed E-state index contributed by atoms with van der Waals surface area (Å²) in [6.45, 7) is 2.87. The normalized spacial score (nSPS) is 12.2. The molecule has 4 aromatic rings. The van der Waals surface area contributed by atoms with Crippen molar-refractivity contribution in [2.45, 2.75) is 33.4 Å². The third kappa shape index (κ3) is 8.75. The summed E-state index contributed by atoms with van der Waals surface area (Å²) in [6.07, 6.45) is 5.12. The predicted octanol–water partition coefficient (Wildman–Crippen LogP) is 5.67. The zero-order valence-electron chi connectivity index (χ0n) is 20.8. The molecule has 0 radical (unpaired) electrons. The number of benzene rings is 2. The van der Waals surface area contributed by atoms with Crippen molar-refractivity contribution >= 4 is 65.2 Å². The molecule has 0 saturated heterocycles. The van der Waals surface area contributed by atoms with Crippen LogP contribution in [0.3, 0.4) is 0 Å². The number of aromatic nitrogens is 4. The molecule has 13 heteroatoms. The first-order chi connectivity index (χ1) is 18.8. The molecule has 7 N–H and O–H groups in total. The largest absolute Gasteiger partial charge is 0.493 e. The van der Waals surface area contributed by atoms with Crippen LogP contribution < -0.4 is 32.0 Å². The molecule has 6 rings (SSSR count). The van der Waals surface area contributed by atoms with E-state index in [-0.39, 0.29) is 7.43 Å². The van der Waals surface area contributed by atoms with Crippen molar-refractivity contribution in [2.24, 2.45) is 5.73 Å². The van der Waals surface area contributed by atoms with Gasteiger partial charge in [0.05, 0.1) is 25.6 Å². The summed E-state index contributed by atoms with van der Waals surface area (Å²) in [6, 6.07) is 12.3. The van der Waals surface area contributed by atoms with Gasteiger partial charge in [-0.05, 0) is 82.2 Å². The van der Waals surface area contributed by atoms with Gasteiger partial charge in [-0.15, -0.1) is 0 Å². The molecular weight excluding hydrogens is 708 g/mol. The van der Waals surface area contributed by atoms with Crippen LogP contribution in [-0.4, -0.2) is 33.1 Å². The van der Waals surface area contributed by atoms with Gasteiger partial charge in [0.15, 0.2) is 17.5 Å². The van der Waals surface area contributed by atoms with E-state index in [1.807, 2.05) is 24.3 Å². The quantitative estimate of drug-likeness (QED) is 0.206. The van der Waals surface area contributed by atoms with Crippen molar-refractivity contribution in [3.8, 4) is 11.5 Å². The Labute approximate surface area is 258 Å². The summed E-state index contributed by atoms with van der Waals surface area (Å²) in [7, 11) is 0. The fourth-order valence-corrected chi connectivity index (χ4v) is 4.86. The molecule has 2 aromatic heterocycles. The third-order valence-electron chi connectivity index (χ3n) is 5.70. The molecule has 0 spiro atoms. The Morgan fingerprint density at radius 1 is 0.775 bits per heavy atom. The minimum atomic E-state index is 0. The molecule has 0 bridgehead atoms. The molecule has 10 nitrogen and oxygen atoms in total. The molecule has 4 heterocycles. The van der Waals surface area contributed by atoms with Gasteiger partial charge in [0.1, 0.15) is 25.3 Å². The van der Waals surface area contributed by atoms with Crippen molar-refractivity contribution in [2.75, 3.05) is 30.0 Å². The molecule has 0 fully saturated rings. The molecule has 0 aliphatic carbocycles. The number of hydrogen-bond donors (Lipinski definition) is 4. The number of halogens is 3. The van der Waals surface area contributed by atoms with E-state index in [4.69, 9.17) is 26.7 Å². The van der Waals surface area contributed by atoms with Crippen LogP contribution in [0.25, 0.3) is 0 Å². The average Bonchev–Trinajstić information content (AvgIpc) is 3.61. The molecule has 0 amide bonds. The summed E-state index contributed by atoms with van der Waals surface area (Å²) in [5.74, 6) is 3.41. The van der Waals surface area contributed by atoms with E-state index in [9.17, 15) is 0 Å². The Morgan fingerprint density at radius 2 is 1.32 bits per heavy atom. The van der Waals surface area contributed by atoms with Crippen molar-refractivity contribution in [3.63, 3.8) is 0 Å². The molecule has 0 atom stereocenters. The lowest BCUT2D eigenvalue weighted by Gasteiger charge is -2.09. The molecule has 2 aromatic carbocycles. The van der Waals surface area contributed by atoms with E-state index in [2.05, 4.69) is 85.2 Å². The molecule has 2 aliphatic rings. The third-order valence-corrected chi connectivity index (χ3v) is 7.05. The number of rotatable bonds is 4. The van der Waals surface area contributed by atoms with Gasteiger partial charge in [0.2, 0.25) is 0 Å². The van der Waals surface area contributed by atoms with Gasteiger partial charge in [-0.1, -0.05) is 31.7 Å². The summed E-state index contributed by atoms with van der Waals surface area (Å²) in [5, 5.41) is 3.19. The summed E-state index contributed by atoms with van der Waals surface area (Å²) < 4.78 is 12.7. The molecule has 2 aliphatic heterocycles. The first-order valence-electron chi connectivity index (χ1n) is 12.0. The van der Waals surface area contributed by atoms with Gasteiger partial charge in [-0.25, -0.2) is 19.9 Å². The Kier molecular flexibility index (Phi) is 11.9. The average molecular weight is 739 g/mol. The van der Waals surface area contributed by atoms with E-state index < -0.39 is 0 Å². The number of fused-ring (bicyclic) bond motifs is 2. The highest BCUT2D eigenvalue weighted by atomic mass is 79.9. The fraction of sp³-hybridized carbons (Fsp3) is 0.259. The van der Waals surface area contributed by atoms with Crippen LogP contribution in [0.4, 0.5) is 17.5 Å². The van der Waals surface area contributed by atoms with Crippen molar-refractivity contribution in [1.82, 2.24) is 19.9 Å². The molecule has 0 unspecified atom stereocenters. The highest BCUT2D eigenvalue weighted by molar-refractivity contribution is 9.11. The number of nitrogen functional groups attached to an aromatic ring is 2. The summed E-state index contributed by atoms with van der Waals surface area (Å²) in [5.41, 5.74) is 21.5. The number of nitrogens with one attached hydrogen (secondary N) is 1. The number of anilines is 3. The Bertz CT molecular complexity index is 1440. The van der Waals surface area contributed by atoms with Gasteiger partial charge in [0.25, 0.3) is 0 Å². The second kappa shape index (κ2) is 15.1. The highest BCUT2D eigenvalue weighted by Crippen LogP contribution is 2.27. The topological polar surface area (TPSA) is 160 Å². The predicted molar refractivity (Wildman–Crippen MR) is 169 cm³/mol. The zero-order chi connectivity index (χ0) is 27.8. The molecule has 0 saturated carbocycles. The molecule has 212 valence electrons. The van der Waals surface area contributed by atoms with E-state index >= 15 is 0 Å². The lowest BCUT2D eigenvalue weighted by atomic mass is 10.1. The van der Waals surface area contributed by atoms with E-state index in [1.54, 1.807) is 12.4 Å². The van der Waals surface area contributed by atoms with Crippen LogP contribution in [0.1, 0.15) is 29.7 Å². The lowest BCUT2D eigenvalue weighted by molar-refractivity contribution is 0.356. The van der Waals surface area contributed by atoms with Gasteiger partial charge >= 0.3 is 0 Å². The minimum absolute atomic E-state index is 0. The first kappa shape index (κ1) is 31.5. The van der Waals surface area contributed by atoms with E-state index in [0.717, 1.165) is 37.6 Å². The van der Waals surface area contributed by atoms with Crippen molar-refractivity contribution in [3.05, 3.63) is 84.9 Å². The summed E-state index contributed by atoms with van der Waals surface area (Å²) in [4.78, 5) is 16.0. The summed E-state index contributed by atoms with van der Waals surface area (Å²) >= 11 is 9.53. The van der Waals surface area contributed by atoms with E-state index in [0.29, 0.717) is 44.4 Å². The Balaban J connectivity index is 0.000000179. The van der Waals surface area contributed by atoms with Gasteiger partial charge in [-0.3, -0.25) is 0 Å². The minimum Gasteiger partial charge on any atom is -0.493 e. The maximum Gasteiger partial charge on any atom is 0.170 e. The number of nitrogens with zero attached hydrogens (tertiary/aromatic N) is 4. The second-order valence-electron chi connectivity index (χ2n) is 8.43. The first-order valence-corrected chi connectivity index (χ1v) is 14.3. The van der Waals surface area contributed by atoms with Crippen LogP contribution >= 0.6 is 47.8 Å². The highest BCUT2D eigenvalue weighted by Gasteiger charge is 2.12. The van der Waals surface area contributed by atoms with Crippen LogP contribution in [0.5, 0.6) is 11.5 Å². The monoisotopic (exact) mass is 736 g/mol. The van der Waals surface area contributed by atoms with Gasteiger partial charge in [-0.2, -0.15) is 0 Å². The number of nitrogens with two attached hydrogens (primary N) is 3. The standard InChI is InChI=1S/C13H13BrN4O.C9H11NO.C4H3Br2N3.CH4/c14-11-7-16-12(15)13(18-11)17-6-8-1-2-10-9(5-8)3-4-19-10;10-6-7-1-2-9-8(5-7)3-4-11-9;5-2-1-8-4(7)3(6)9-2;/h1-2,5,7H,3-4,6H2,(H2,15,16)(H,17,18);1-2,5H,3-4,6,10H2;1H,(H2,7,8);1H4. The maximum absolute atomic E-state index is 5.77. The van der Waals surface area contributed by atoms with E-state index in [1.165, 1.54) is 22.3 Å². The maximum atomic E-state index is 5.77. The zero-order valence-corrected chi connectivity index (χ0v) is 25.6. The molecule has 40 heavy (non-hydrogen) atoms. The van der Waals surface area contributed by atoms with Crippen LogP contribution in [0, 0.1) is 0 Å². The smallest absolute Gasteiger partial charge is 0.170 e. The van der Waals surface area contributed by atoms with Crippen LogP contribution in [-0.2, 0) is 25.9 Å². The second-order valence-corrected chi connectivity index (χ2v) is 10.8. The SMILES string of the molecule is C.NCc1ccc2c(c1)CCO2.Nc1ncc(Br)nc1Br.Nc1ncc(Br)nc1NCc1ccc2c(c1)CCO2. The number of hydrogen-bond acceptors (Lipinski definition) is 10.